The second kappa shape index (κ2) is 15.6. The van der Waals surface area contributed by atoms with Crippen molar-refractivity contribution < 1.29 is 18.0 Å². The van der Waals surface area contributed by atoms with Crippen LogP contribution < -0.4 is 9.62 Å². The zero-order chi connectivity index (χ0) is 33.4. The van der Waals surface area contributed by atoms with Gasteiger partial charge >= 0.3 is 0 Å². The summed E-state index contributed by atoms with van der Waals surface area (Å²) < 4.78 is 30.6. The molecule has 0 bridgehead atoms. The number of nitrogens with zero attached hydrogens (tertiary/aromatic N) is 2. The smallest absolute Gasteiger partial charge is 0.264 e. The van der Waals surface area contributed by atoms with Crippen molar-refractivity contribution in [3.05, 3.63) is 129 Å². The number of anilines is 1. The predicted molar refractivity (Wildman–Crippen MR) is 188 cm³/mol. The molecule has 0 heterocycles. The van der Waals surface area contributed by atoms with E-state index < -0.39 is 28.5 Å². The van der Waals surface area contributed by atoms with E-state index in [-0.39, 0.29) is 29.8 Å². The molecular weight excluding hydrogens is 662 g/mol. The van der Waals surface area contributed by atoms with Crippen LogP contribution in [0.4, 0.5) is 5.69 Å². The minimum Gasteiger partial charge on any atom is -0.352 e. The third kappa shape index (κ3) is 9.07. The molecule has 0 aliphatic heterocycles. The van der Waals surface area contributed by atoms with Crippen molar-refractivity contribution >= 4 is 43.5 Å². The third-order valence-corrected chi connectivity index (χ3v) is 10.2. The molecule has 242 valence electrons. The van der Waals surface area contributed by atoms with E-state index in [0.29, 0.717) is 5.69 Å². The fourth-order valence-corrected chi connectivity index (χ4v) is 6.90. The number of benzene rings is 4. The molecule has 1 N–H and O–H groups in total. The summed E-state index contributed by atoms with van der Waals surface area (Å²) >= 11 is 3.47. The van der Waals surface area contributed by atoms with Gasteiger partial charge in [0.05, 0.1) is 10.6 Å². The molecule has 0 aliphatic carbocycles. The molecule has 0 radical (unpaired) electrons. The summed E-state index contributed by atoms with van der Waals surface area (Å²) in [4.78, 5) is 30.2. The monoisotopic (exact) mass is 703 g/mol. The third-order valence-electron chi connectivity index (χ3n) is 7.92. The molecule has 4 aromatic carbocycles. The van der Waals surface area contributed by atoms with Crippen LogP contribution in [0.25, 0.3) is 0 Å². The van der Waals surface area contributed by atoms with Crippen molar-refractivity contribution in [2.24, 2.45) is 0 Å². The lowest BCUT2D eigenvalue weighted by Crippen LogP contribution is -2.54. The van der Waals surface area contributed by atoms with Crippen molar-refractivity contribution in [1.82, 2.24) is 10.2 Å². The van der Waals surface area contributed by atoms with Crippen molar-refractivity contribution in [3.63, 3.8) is 0 Å². The van der Waals surface area contributed by atoms with Gasteiger partial charge in [-0.3, -0.25) is 13.9 Å². The van der Waals surface area contributed by atoms with E-state index in [1.54, 1.807) is 36.4 Å². The van der Waals surface area contributed by atoms with Crippen LogP contribution in [0.2, 0.25) is 0 Å². The molecule has 46 heavy (non-hydrogen) atoms. The number of hydrogen-bond donors (Lipinski definition) is 1. The number of aryl methyl sites for hydroxylation is 3. The van der Waals surface area contributed by atoms with E-state index in [2.05, 4.69) is 21.2 Å². The van der Waals surface area contributed by atoms with Gasteiger partial charge in [0.25, 0.3) is 10.0 Å². The first-order chi connectivity index (χ1) is 21.9. The minimum absolute atomic E-state index is 0.0832. The molecule has 9 heteroatoms. The normalized spacial score (nSPS) is 12.7. The van der Waals surface area contributed by atoms with E-state index >= 15 is 0 Å². The largest absolute Gasteiger partial charge is 0.352 e. The van der Waals surface area contributed by atoms with Crippen LogP contribution in [-0.2, 0) is 32.6 Å². The molecule has 0 saturated heterocycles. The Balaban J connectivity index is 1.83. The number of carbonyl (C=O) groups excluding carboxylic acids is 2. The zero-order valence-electron chi connectivity index (χ0n) is 27.0. The number of hydrogen-bond acceptors (Lipinski definition) is 4. The van der Waals surface area contributed by atoms with E-state index in [1.165, 1.54) is 9.21 Å². The highest BCUT2D eigenvalue weighted by molar-refractivity contribution is 9.10. The van der Waals surface area contributed by atoms with Gasteiger partial charge in [-0.2, -0.15) is 0 Å². The summed E-state index contributed by atoms with van der Waals surface area (Å²) in [5.74, 6) is -0.777. The van der Waals surface area contributed by atoms with E-state index in [4.69, 9.17) is 0 Å². The zero-order valence-corrected chi connectivity index (χ0v) is 29.4. The van der Waals surface area contributed by atoms with E-state index in [0.717, 1.165) is 38.7 Å². The number of nitrogens with one attached hydrogen (secondary N) is 1. The van der Waals surface area contributed by atoms with Gasteiger partial charge in [0, 0.05) is 23.5 Å². The molecule has 0 aliphatic rings. The average Bonchev–Trinajstić information content (AvgIpc) is 3.02. The summed E-state index contributed by atoms with van der Waals surface area (Å²) in [5.41, 5.74) is 4.74. The highest BCUT2D eigenvalue weighted by Crippen LogP contribution is 2.27. The molecular formula is C37H42BrN3O4S. The van der Waals surface area contributed by atoms with Crippen molar-refractivity contribution in [3.8, 4) is 0 Å². The van der Waals surface area contributed by atoms with Crippen molar-refractivity contribution in [1.29, 1.82) is 0 Å². The van der Waals surface area contributed by atoms with Gasteiger partial charge in [-0.25, -0.2) is 8.42 Å². The first-order valence-electron chi connectivity index (χ1n) is 15.4. The SMILES string of the molecule is CC[C@@H](C)NC(=O)[C@H](Cc1ccccc1)N(Cc1ccc(Br)cc1)C(=O)CN(c1cc(C)cc(C)c1)S(=O)(=O)c1ccc(C)cc1. The van der Waals surface area contributed by atoms with Gasteiger partial charge in [0.1, 0.15) is 12.6 Å². The van der Waals surface area contributed by atoms with Crippen molar-refractivity contribution in [2.45, 2.75) is 71.0 Å². The summed E-state index contributed by atoms with van der Waals surface area (Å²) in [5, 5.41) is 3.07. The Morgan fingerprint density at radius 1 is 0.804 bits per heavy atom. The summed E-state index contributed by atoms with van der Waals surface area (Å²) in [6, 6.07) is 28.2. The standard InChI is InChI=1S/C37H42BrN3O4S/c1-6-29(5)39-37(43)35(23-30-10-8-7-9-11-30)40(24-31-14-16-32(38)17-15-31)36(42)25-41(33-21-27(3)20-28(4)22-33)46(44,45)34-18-12-26(2)13-19-34/h7-22,29,35H,6,23-25H2,1-5H3,(H,39,43)/t29-,35+/m1/s1. The number of halogens is 1. The van der Waals surface area contributed by atoms with Crippen LogP contribution in [0, 0.1) is 20.8 Å². The molecule has 0 fully saturated rings. The van der Waals surface area contributed by atoms with Gasteiger partial charge < -0.3 is 10.2 Å². The fourth-order valence-electron chi connectivity index (χ4n) is 5.24. The Morgan fingerprint density at radius 3 is 2.00 bits per heavy atom. The van der Waals surface area contributed by atoms with Gasteiger partial charge in [-0.05, 0) is 92.8 Å². The van der Waals surface area contributed by atoms with Crippen LogP contribution in [0.15, 0.2) is 106 Å². The summed E-state index contributed by atoms with van der Waals surface area (Å²) in [6.07, 6.45) is 0.985. The lowest BCUT2D eigenvalue weighted by molar-refractivity contribution is -0.140. The Hall–Kier alpha value is -3.95. The highest BCUT2D eigenvalue weighted by atomic mass is 79.9. The Bertz CT molecular complexity index is 1720. The topological polar surface area (TPSA) is 86.8 Å². The summed E-state index contributed by atoms with van der Waals surface area (Å²) in [6.45, 7) is 9.21. The maximum Gasteiger partial charge on any atom is 0.264 e. The molecule has 0 aromatic heterocycles. The minimum atomic E-state index is -4.16. The second-order valence-electron chi connectivity index (χ2n) is 11.8. The number of rotatable bonds is 13. The Morgan fingerprint density at radius 2 is 1.41 bits per heavy atom. The van der Waals surface area contributed by atoms with Crippen molar-refractivity contribution in [2.75, 3.05) is 10.8 Å². The molecule has 0 spiro atoms. The first kappa shape index (κ1) is 34.9. The molecule has 2 atom stereocenters. The van der Waals surface area contributed by atoms with Crippen LogP contribution in [0.1, 0.15) is 48.1 Å². The van der Waals surface area contributed by atoms with Gasteiger partial charge in [0.15, 0.2) is 0 Å². The quantitative estimate of drug-likeness (QED) is 0.161. The molecule has 2 amide bonds. The maximum absolute atomic E-state index is 14.6. The van der Waals surface area contributed by atoms with Gasteiger partial charge in [-0.15, -0.1) is 0 Å². The molecule has 4 aromatic rings. The predicted octanol–water partition coefficient (Wildman–Crippen LogP) is 7.12. The Kier molecular flexibility index (Phi) is 11.8. The van der Waals surface area contributed by atoms with E-state index in [9.17, 15) is 18.0 Å². The number of carbonyl (C=O) groups is 2. The van der Waals surface area contributed by atoms with Gasteiger partial charge in [-0.1, -0.05) is 89.1 Å². The number of amides is 2. The number of sulfonamides is 1. The van der Waals surface area contributed by atoms with Crippen LogP contribution in [0.3, 0.4) is 0 Å². The maximum atomic E-state index is 14.6. The molecule has 7 nitrogen and oxygen atoms in total. The fraction of sp³-hybridized carbons (Fsp3) is 0.297. The first-order valence-corrected chi connectivity index (χ1v) is 17.7. The molecule has 0 unspecified atom stereocenters. The lowest BCUT2D eigenvalue weighted by atomic mass is 10.0. The lowest BCUT2D eigenvalue weighted by Gasteiger charge is -2.34. The van der Waals surface area contributed by atoms with Crippen LogP contribution >= 0.6 is 15.9 Å². The van der Waals surface area contributed by atoms with Crippen LogP contribution in [0.5, 0.6) is 0 Å². The second-order valence-corrected chi connectivity index (χ2v) is 14.6. The van der Waals surface area contributed by atoms with Crippen LogP contribution in [-0.4, -0.2) is 43.8 Å². The molecule has 0 saturated carbocycles. The molecule has 4 rings (SSSR count). The summed E-state index contributed by atoms with van der Waals surface area (Å²) in [7, 11) is -4.16. The average molecular weight is 705 g/mol. The highest BCUT2D eigenvalue weighted by Gasteiger charge is 2.35. The Labute approximate surface area is 281 Å². The van der Waals surface area contributed by atoms with E-state index in [1.807, 2.05) is 95.3 Å². The van der Waals surface area contributed by atoms with Gasteiger partial charge in [0.2, 0.25) is 11.8 Å².